The van der Waals surface area contributed by atoms with Crippen LogP contribution in [0.15, 0.2) is 30.3 Å². The van der Waals surface area contributed by atoms with Crippen molar-refractivity contribution in [3.05, 3.63) is 58.9 Å². The molecule has 0 saturated heterocycles. The second kappa shape index (κ2) is 5.53. The summed E-state index contributed by atoms with van der Waals surface area (Å²) in [6.45, 7) is 2.89. The van der Waals surface area contributed by atoms with Crippen LogP contribution in [0.25, 0.3) is 11.1 Å². The summed E-state index contributed by atoms with van der Waals surface area (Å²) in [6.07, 6.45) is 1.74. The molecule has 0 aromatic heterocycles. The number of hydrogen-bond acceptors (Lipinski definition) is 1. The quantitative estimate of drug-likeness (QED) is 0.828. The molecule has 0 radical (unpaired) electrons. The fourth-order valence-electron chi connectivity index (χ4n) is 3.09. The van der Waals surface area contributed by atoms with E-state index in [1.807, 2.05) is 19.1 Å². The highest BCUT2D eigenvalue weighted by atomic mass is 19.2. The Morgan fingerprint density at radius 2 is 1.81 bits per heavy atom. The molecule has 0 heterocycles. The normalized spacial score (nSPS) is 17.0. The molecule has 2 aromatic rings. The van der Waals surface area contributed by atoms with E-state index in [0.29, 0.717) is 11.6 Å². The summed E-state index contributed by atoms with van der Waals surface area (Å²) in [4.78, 5) is 0. The van der Waals surface area contributed by atoms with Crippen LogP contribution in [0.5, 0.6) is 0 Å². The topological polar surface area (TPSA) is 12.0 Å². The van der Waals surface area contributed by atoms with Crippen LogP contribution >= 0.6 is 0 Å². The van der Waals surface area contributed by atoms with Gasteiger partial charge in [-0.25, -0.2) is 13.2 Å². The molecule has 1 aliphatic carbocycles. The third-order valence-electron chi connectivity index (χ3n) is 4.02. The van der Waals surface area contributed by atoms with Gasteiger partial charge in [-0.2, -0.15) is 0 Å². The van der Waals surface area contributed by atoms with E-state index in [-0.39, 0.29) is 11.6 Å². The average molecular weight is 291 g/mol. The molecule has 0 aliphatic heterocycles. The molecular weight excluding hydrogens is 275 g/mol. The minimum Gasteiger partial charge on any atom is -0.310 e. The van der Waals surface area contributed by atoms with Crippen molar-refractivity contribution < 1.29 is 13.2 Å². The average Bonchev–Trinajstić information content (AvgIpc) is 2.87. The molecule has 0 amide bonds. The minimum atomic E-state index is -1.16. The molecule has 2 aromatic carbocycles. The molecule has 1 unspecified atom stereocenters. The number of benzene rings is 2. The van der Waals surface area contributed by atoms with E-state index in [2.05, 4.69) is 5.32 Å². The van der Waals surface area contributed by atoms with Crippen LogP contribution in [-0.2, 0) is 6.42 Å². The van der Waals surface area contributed by atoms with Gasteiger partial charge in [0, 0.05) is 17.7 Å². The largest absolute Gasteiger partial charge is 0.310 e. The second-order valence-corrected chi connectivity index (χ2v) is 5.27. The Morgan fingerprint density at radius 1 is 1.05 bits per heavy atom. The summed E-state index contributed by atoms with van der Waals surface area (Å²) in [5.41, 5.74) is 2.93. The molecule has 1 aliphatic rings. The van der Waals surface area contributed by atoms with E-state index < -0.39 is 17.5 Å². The Balaban J connectivity index is 2.11. The van der Waals surface area contributed by atoms with Crippen LogP contribution < -0.4 is 5.32 Å². The van der Waals surface area contributed by atoms with Crippen molar-refractivity contribution in [1.29, 1.82) is 0 Å². The third-order valence-corrected chi connectivity index (χ3v) is 4.02. The smallest absolute Gasteiger partial charge is 0.161 e. The van der Waals surface area contributed by atoms with Crippen LogP contribution in [0, 0.1) is 17.5 Å². The van der Waals surface area contributed by atoms with Crippen molar-refractivity contribution in [3.63, 3.8) is 0 Å². The van der Waals surface area contributed by atoms with Gasteiger partial charge in [0.25, 0.3) is 0 Å². The molecular formula is C17H16F3N. The molecule has 0 bridgehead atoms. The zero-order valence-electron chi connectivity index (χ0n) is 11.7. The standard InChI is InChI=1S/C17H16F3N/c1-2-21-17-7-6-11-10(4-3-5-12(11)17)13-8-15(19)16(20)9-14(13)18/h3-5,8-9,17,21H,2,6-7H2,1H3. The lowest BCUT2D eigenvalue weighted by Gasteiger charge is -2.14. The van der Waals surface area contributed by atoms with Gasteiger partial charge in [0.15, 0.2) is 11.6 Å². The predicted octanol–water partition coefficient (Wildman–Crippen LogP) is 4.37. The number of hydrogen-bond donors (Lipinski definition) is 1. The summed E-state index contributed by atoms with van der Waals surface area (Å²) < 4.78 is 40.5. The van der Waals surface area contributed by atoms with Gasteiger partial charge in [-0.3, -0.25) is 0 Å². The predicted molar refractivity (Wildman–Crippen MR) is 76.5 cm³/mol. The molecule has 0 spiro atoms. The van der Waals surface area contributed by atoms with Gasteiger partial charge in [-0.05, 0) is 42.1 Å². The number of rotatable bonds is 3. The van der Waals surface area contributed by atoms with Gasteiger partial charge in [0.2, 0.25) is 0 Å². The SMILES string of the molecule is CCNC1CCc2c(-c3cc(F)c(F)cc3F)cccc21. The first-order chi connectivity index (χ1) is 10.1. The van der Waals surface area contributed by atoms with E-state index in [1.165, 1.54) is 0 Å². The molecule has 4 heteroatoms. The summed E-state index contributed by atoms with van der Waals surface area (Å²) in [5.74, 6) is -2.91. The molecule has 110 valence electrons. The lowest BCUT2D eigenvalue weighted by Crippen LogP contribution is -2.18. The number of halogens is 3. The first-order valence-electron chi connectivity index (χ1n) is 7.12. The van der Waals surface area contributed by atoms with Gasteiger partial charge >= 0.3 is 0 Å². The van der Waals surface area contributed by atoms with Crippen LogP contribution in [-0.4, -0.2) is 6.54 Å². The van der Waals surface area contributed by atoms with Crippen molar-refractivity contribution in [1.82, 2.24) is 5.32 Å². The third kappa shape index (κ3) is 2.44. The Hall–Kier alpha value is -1.81. The van der Waals surface area contributed by atoms with Crippen LogP contribution in [0.4, 0.5) is 13.2 Å². The van der Waals surface area contributed by atoms with Gasteiger partial charge in [0.1, 0.15) is 5.82 Å². The molecule has 0 saturated carbocycles. The first kappa shape index (κ1) is 14.1. The number of fused-ring (bicyclic) bond motifs is 1. The van der Waals surface area contributed by atoms with Crippen LogP contribution in [0.1, 0.15) is 30.5 Å². The highest BCUT2D eigenvalue weighted by molar-refractivity contribution is 5.70. The monoisotopic (exact) mass is 291 g/mol. The van der Waals surface area contributed by atoms with Gasteiger partial charge in [0.05, 0.1) is 0 Å². The highest BCUT2D eigenvalue weighted by Crippen LogP contribution is 2.38. The summed E-state index contributed by atoms with van der Waals surface area (Å²) in [7, 11) is 0. The maximum atomic E-state index is 14.0. The molecule has 1 atom stereocenters. The summed E-state index contributed by atoms with van der Waals surface area (Å²) in [5, 5.41) is 3.39. The van der Waals surface area contributed by atoms with Gasteiger partial charge < -0.3 is 5.32 Å². The Morgan fingerprint density at radius 3 is 2.57 bits per heavy atom. The molecule has 1 nitrogen and oxygen atoms in total. The Bertz CT molecular complexity index is 682. The molecule has 0 fully saturated rings. The molecule has 21 heavy (non-hydrogen) atoms. The van der Waals surface area contributed by atoms with Crippen LogP contribution in [0.2, 0.25) is 0 Å². The van der Waals surface area contributed by atoms with Crippen molar-refractivity contribution >= 4 is 0 Å². The van der Waals surface area contributed by atoms with Crippen molar-refractivity contribution in [2.24, 2.45) is 0 Å². The fourth-order valence-corrected chi connectivity index (χ4v) is 3.09. The Labute approximate surface area is 121 Å². The fraction of sp³-hybridized carbons (Fsp3) is 0.294. The van der Waals surface area contributed by atoms with Crippen LogP contribution in [0.3, 0.4) is 0 Å². The van der Waals surface area contributed by atoms with Crippen molar-refractivity contribution in [3.8, 4) is 11.1 Å². The van der Waals surface area contributed by atoms with Crippen molar-refractivity contribution in [2.45, 2.75) is 25.8 Å². The Kier molecular flexibility index (Phi) is 3.72. The maximum Gasteiger partial charge on any atom is 0.161 e. The van der Waals surface area contributed by atoms with Crippen molar-refractivity contribution in [2.75, 3.05) is 6.54 Å². The molecule has 1 N–H and O–H groups in total. The van der Waals surface area contributed by atoms with E-state index in [0.717, 1.165) is 36.6 Å². The lowest BCUT2D eigenvalue weighted by molar-refractivity contribution is 0.496. The number of nitrogens with one attached hydrogen (secondary N) is 1. The maximum absolute atomic E-state index is 14.0. The zero-order chi connectivity index (χ0) is 15.0. The summed E-state index contributed by atoms with van der Waals surface area (Å²) in [6, 6.07) is 7.42. The zero-order valence-corrected chi connectivity index (χ0v) is 11.7. The highest BCUT2D eigenvalue weighted by Gasteiger charge is 2.25. The van der Waals surface area contributed by atoms with Gasteiger partial charge in [-0.1, -0.05) is 25.1 Å². The van der Waals surface area contributed by atoms with E-state index >= 15 is 0 Å². The van der Waals surface area contributed by atoms with Gasteiger partial charge in [-0.15, -0.1) is 0 Å². The lowest BCUT2D eigenvalue weighted by atomic mass is 9.96. The second-order valence-electron chi connectivity index (χ2n) is 5.27. The van der Waals surface area contributed by atoms with E-state index in [1.54, 1.807) is 6.07 Å². The molecule has 3 rings (SSSR count). The summed E-state index contributed by atoms with van der Waals surface area (Å²) >= 11 is 0. The minimum absolute atomic E-state index is 0.128. The van der Waals surface area contributed by atoms with E-state index in [9.17, 15) is 13.2 Å². The first-order valence-corrected chi connectivity index (χ1v) is 7.12. The van der Waals surface area contributed by atoms with E-state index in [4.69, 9.17) is 0 Å².